The Morgan fingerprint density at radius 1 is 1.00 bits per heavy atom. The van der Waals surface area contributed by atoms with Gasteiger partial charge in [0.2, 0.25) is 11.8 Å². The molecule has 0 atom stereocenters. The normalized spacial score (nSPS) is 19.2. The van der Waals surface area contributed by atoms with Crippen LogP contribution in [0.2, 0.25) is 0 Å². The standard InChI is InChI=1S/C22H34N4O3/c1-3-29-21-6-4-19(5-7-21)16-24-12-14-25(15-13-24)17-22(28)23-20-8-10-26(11-9-20)18(2)27/h4-7,20H,3,8-17H2,1-2H3,(H,23,28). The first kappa shape index (κ1) is 21.6. The van der Waals surface area contributed by atoms with Gasteiger partial charge < -0.3 is 15.0 Å². The van der Waals surface area contributed by atoms with Gasteiger partial charge in [0, 0.05) is 58.8 Å². The van der Waals surface area contributed by atoms with Crippen LogP contribution >= 0.6 is 0 Å². The summed E-state index contributed by atoms with van der Waals surface area (Å²) >= 11 is 0. The second-order valence-electron chi connectivity index (χ2n) is 7.98. The van der Waals surface area contributed by atoms with Crippen molar-refractivity contribution in [1.29, 1.82) is 0 Å². The summed E-state index contributed by atoms with van der Waals surface area (Å²) in [5, 5.41) is 3.15. The molecule has 0 radical (unpaired) electrons. The van der Waals surface area contributed by atoms with Crippen LogP contribution in [0.1, 0.15) is 32.3 Å². The van der Waals surface area contributed by atoms with Crippen molar-refractivity contribution in [3.63, 3.8) is 0 Å². The first-order valence-electron chi connectivity index (χ1n) is 10.7. The molecule has 2 saturated heterocycles. The number of carbonyl (C=O) groups excluding carboxylic acids is 2. The van der Waals surface area contributed by atoms with Crippen molar-refractivity contribution >= 4 is 11.8 Å². The highest BCUT2D eigenvalue weighted by molar-refractivity contribution is 5.78. The van der Waals surface area contributed by atoms with Gasteiger partial charge in [0.25, 0.3) is 0 Å². The van der Waals surface area contributed by atoms with E-state index in [9.17, 15) is 9.59 Å². The Morgan fingerprint density at radius 3 is 2.21 bits per heavy atom. The Bertz CT molecular complexity index is 663. The molecule has 0 saturated carbocycles. The number of nitrogens with one attached hydrogen (secondary N) is 1. The summed E-state index contributed by atoms with van der Waals surface area (Å²) in [7, 11) is 0. The molecule has 0 aromatic heterocycles. The summed E-state index contributed by atoms with van der Waals surface area (Å²) < 4.78 is 5.50. The molecule has 7 nitrogen and oxygen atoms in total. The van der Waals surface area contributed by atoms with Gasteiger partial charge in [-0.05, 0) is 37.5 Å². The number of nitrogens with zero attached hydrogens (tertiary/aromatic N) is 3. The highest BCUT2D eigenvalue weighted by atomic mass is 16.5. The minimum Gasteiger partial charge on any atom is -0.494 e. The van der Waals surface area contributed by atoms with E-state index in [1.54, 1.807) is 6.92 Å². The van der Waals surface area contributed by atoms with Crippen molar-refractivity contribution in [3.8, 4) is 5.75 Å². The molecular weight excluding hydrogens is 368 g/mol. The van der Waals surface area contributed by atoms with Crippen LogP contribution in [-0.4, -0.2) is 85.0 Å². The van der Waals surface area contributed by atoms with Crippen LogP contribution in [0.4, 0.5) is 0 Å². The maximum atomic E-state index is 12.4. The van der Waals surface area contributed by atoms with Gasteiger partial charge in [0.05, 0.1) is 13.2 Å². The summed E-state index contributed by atoms with van der Waals surface area (Å²) in [6, 6.07) is 8.50. The third-order valence-corrected chi connectivity index (χ3v) is 5.78. The van der Waals surface area contributed by atoms with E-state index >= 15 is 0 Å². The molecule has 2 amide bonds. The van der Waals surface area contributed by atoms with Gasteiger partial charge >= 0.3 is 0 Å². The number of piperidine rings is 1. The van der Waals surface area contributed by atoms with Gasteiger partial charge in [-0.15, -0.1) is 0 Å². The number of likely N-dealkylation sites (tertiary alicyclic amines) is 1. The van der Waals surface area contributed by atoms with Crippen molar-refractivity contribution in [3.05, 3.63) is 29.8 Å². The zero-order chi connectivity index (χ0) is 20.6. The third-order valence-electron chi connectivity index (χ3n) is 5.78. The topological polar surface area (TPSA) is 65.1 Å². The maximum Gasteiger partial charge on any atom is 0.234 e. The van der Waals surface area contributed by atoms with Crippen LogP contribution in [0.5, 0.6) is 5.75 Å². The zero-order valence-electron chi connectivity index (χ0n) is 17.7. The lowest BCUT2D eigenvalue weighted by Gasteiger charge is -2.35. The Kier molecular flexibility index (Phi) is 7.89. The number of amides is 2. The van der Waals surface area contributed by atoms with Crippen LogP contribution in [-0.2, 0) is 16.1 Å². The Morgan fingerprint density at radius 2 is 1.62 bits per heavy atom. The predicted molar refractivity (Wildman–Crippen MR) is 113 cm³/mol. The lowest BCUT2D eigenvalue weighted by atomic mass is 10.1. The van der Waals surface area contributed by atoms with Crippen molar-refractivity contribution in [2.24, 2.45) is 0 Å². The lowest BCUT2D eigenvalue weighted by molar-refractivity contribution is -0.130. The average Bonchev–Trinajstić information content (AvgIpc) is 2.71. The molecular formula is C22H34N4O3. The fourth-order valence-electron chi connectivity index (χ4n) is 4.04. The summed E-state index contributed by atoms with van der Waals surface area (Å²) in [4.78, 5) is 30.3. The quantitative estimate of drug-likeness (QED) is 0.746. The number of rotatable bonds is 7. The number of hydrogen-bond donors (Lipinski definition) is 1. The fourth-order valence-corrected chi connectivity index (χ4v) is 4.04. The highest BCUT2D eigenvalue weighted by Crippen LogP contribution is 2.15. The van der Waals surface area contributed by atoms with E-state index in [1.165, 1.54) is 5.56 Å². The molecule has 2 heterocycles. The largest absolute Gasteiger partial charge is 0.494 e. The smallest absolute Gasteiger partial charge is 0.234 e. The summed E-state index contributed by atoms with van der Waals surface area (Å²) in [5.74, 6) is 1.14. The molecule has 2 fully saturated rings. The van der Waals surface area contributed by atoms with Crippen molar-refractivity contribution < 1.29 is 14.3 Å². The zero-order valence-corrected chi connectivity index (χ0v) is 17.7. The van der Waals surface area contributed by atoms with Crippen molar-refractivity contribution in [1.82, 2.24) is 20.0 Å². The molecule has 1 aromatic rings. The second-order valence-corrected chi connectivity index (χ2v) is 7.98. The van der Waals surface area contributed by atoms with Crippen LogP contribution in [0.25, 0.3) is 0 Å². The average molecular weight is 403 g/mol. The molecule has 160 valence electrons. The molecule has 0 aliphatic carbocycles. The minimum absolute atomic E-state index is 0.103. The lowest BCUT2D eigenvalue weighted by Crippen LogP contribution is -2.51. The summed E-state index contributed by atoms with van der Waals surface area (Å²) in [5.41, 5.74) is 1.29. The van der Waals surface area contributed by atoms with E-state index in [4.69, 9.17) is 4.74 Å². The van der Waals surface area contributed by atoms with Gasteiger partial charge in [0.1, 0.15) is 5.75 Å². The second kappa shape index (κ2) is 10.6. The summed E-state index contributed by atoms with van der Waals surface area (Å²) in [6.07, 6.45) is 1.70. The number of ether oxygens (including phenoxy) is 1. The third kappa shape index (κ3) is 6.72. The SMILES string of the molecule is CCOc1ccc(CN2CCN(CC(=O)NC3CCN(C(C)=O)CC3)CC2)cc1. The Balaban J connectivity index is 1.34. The van der Waals surface area contributed by atoms with E-state index in [0.717, 1.165) is 64.4 Å². The molecule has 0 spiro atoms. The van der Waals surface area contributed by atoms with Crippen molar-refractivity contribution in [2.45, 2.75) is 39.3 Å². The number of benzene rings is 1. The van der Waals surface area contributed by atoms with Crippen LogP contribution in [0.15, 0.2) is 24.3 Å². The van der Waals surface area contributed by atoms with E-state index in [0.29, 0.717) is 13.2 Å². The monoisotopic (exact) mass is 402 g/mol. The Labute approximate surface area is 174 Å². The highest BCUT2D eigenvalue weighted by Gasteiger charge is 2.24. The van der Waals surface area contributed by atoms with Gasteiger partial charge in [-0.25, -0.2) is 0 Å². The summed E-state index contributed by atoms with van der Waals surface area (Å²) in [6.45, 7) is 10.9. The molecule has 2 aliphatic rings. The van der Waals surface area contributed by atoms with Gasteiger partial charge in [-0.2, -0.15) is 0 Å². The Hall–Kier alpha value is -2.12. The van der Waals surface area contributed by atoms with Gasteiger partial charge in [-0.3, -0.25) is 19.4 Å². The predicted octanol–water partition coefficient (Wildman–Crippen LogP) is 1.33. The van der Waals surface area contributed by atoms with Crippen molar-refractivity contribution in [2.75, 3.05) is 52.4 Å². The number of piperazine rings is 1. The van der Waals surface area contributed by atoms with E-state index in [1.807, 2.05) is 24.0 Å². The van der Waals surface area contributed by atoms with E-state index in [2.05, 4.69) is 27.2 Å². The van der Waals surface area contributed by atoms with E-state index < -0.39 is 0 Å². The number of carbonyl (C=O) groups is 2. The minimum atomic E-state index is 0.103. The van der Waals surface area contributed by atoms with Gasteiger partial charge in [-0.1, -0.05) is 12.1 Å². The fraction of sp³-hybridized carbons (Fsp3) is 0.636. The molecule has 1 aromatic carbocycles. The van der Waals surface area contributed by atoms with Crippen LogP contribution in [0, 0.1) is 0 Å². The molecule has 29 heavy (non-hydrogen) atoms. The molecule has 2 aliphatic heterocycles. The molecule has 1 N–H and O–H groups in total. The molecule has 0 bridgehead atoms. The number of hydrogen-bond acceptors (Lipinski definition) is 5. The van der Waals surface area contributed by atoms with Crippen LogP contribution in [0.3, 0.4) is 0 Å². The molecule has 3 rings (SSSR count). The van der Waals surface area contributed by atoms with E-state index in [-0.39, 0.29) is 17.9 Å². The molecule has 7 heteroatoms. The first-order valence-corrected chi connectivity index (χ1v) is 10.7. The first-order chi connectivity index (χ1) is 14.0. The van der Waals surface area contributed by atoms with Crippen LogP contribution < -0.4 is 10.1 Å². The molecule has 0 unspecified atom stereocenters. The van der Waals surface area contributed by atoms with Gasteiger partial charge in [0.15, 0.2) is 0 Å². The maximum absolute atomic E-state index is 12.4.